The van der Waals surface area contributed by atoms with Crippen LogP contribution in [0.3, 0.4) is 0 Å². The van der Waals surface area contributed by atoms with Crippen molar-refractivity contribution in [3.8, 4) is 33.4 Å². The van der Waals surface area contributed by atoms with E-state index in [9.17, 15) is 0 Å². The molecule has 0 amide bonds. The highest BCUT2D eigenvalue weighted by Crippen LogP contribution is 2.65. The Hall–Kier alpha value is -8.86. The van der Waals surface area contributed by atoms with Gasteiger partial charge in [0.05, 0.1) is 11.1 Å². The zero-order valence-corrected chi connectivity index (χ0v) is 45.4. The molecule has 0 fully saturated rings. The van der Waals surface area contributed by atoms with Gasteiger partial charge in [-0.1, -0.05) is 211 Å². The normalized spacial score (nSPS) is 14.1. The Labute approximate surface area is 459 Å². The van der Waals surface area contributed by atoms with Crippen LogP contribution >= 0.6 is 0 Å². The third kappa shape index (κ3) is 6.59. The van der Waals surface area contributed by atoms with Crippen LogP contribution in [0.2, 0.25) is 0 Å². The van der Waals surface area contributed by atoms with Crippen LogP contribution in [0.5, 0.6) is 0 Å². The zero-order chi connectivity index (χ0) is 52.8. The van der Waals surface area contributed by atoms with Gasteiger partial charge < -0.3 is 14.6 Å². The average Bonchev–Trinajstić information content (AvgIpc) is 3.86. The summed E-state index contributed by atoms with van der Waals surface area (Å²) in [5.41, 5.74) is 28.1. The molecule has 78 heavy (non-hydrogen) atoms. The molecule has 1 spiro atoms. The number of aryl methyl sites for hydroxylation is 1. The lowest BCUT2D eigenvalue weighted by molar-refractivity contribution is 0.590. The van der Waals surface area contributed by atoms with E-state index < -0.39 is 5.41 Å². The smallest absolute Gasteiger partial charge is 0.333 e. The first kappa shape index (κ1) is 46.4. The molecule has 374 valence electrons. The lowest BCUT2D eigenvalue weighted by atomic mass is 9.42. The molecule has 1 aliphatic carbocycles. The second kappa shape index (κ2) is 16.8. The average molecular weight is 1000 g/mol. The van der Waals surface area contributed by atoms with E-state index in [4.69, 9.17) is 0 Å². The topological polar surface area (TPSA) is 9.72 Å². The summed E-state index contributed by atoms with van der Waals surface area (Å²) >= 11 is 0. The summed E-state index contributed by atoms with van der Waals surface area (Å²) in [5.74, 6) is 0. The van der Waals surface area contributed by atoms with Crippen LogP contribution in [0, 0.1) is 6.92 Å². The first-order valence-corrected chi connectivity index (χ1v) is 27.8. The fourth-order valence-corrected chi connectivity index (χ4v) is 14.1. The Kier molecular flexibility index (Phi) is 10.0. The molecule has 11 aromatic carbocycles. The lowest BCUT2D eigenvalue weighted by Crippen LogP contribution is -2.62. The Morgan fingerprint density at radius 1 is 0.423 bits per heavy atom. The molecule has 0 aromatic heterocycles. The number of fused-ring (bicyclic) bond motifs is 15. The van der Waals surface area contributed by atoms with Crippen molar-refractivity contribution in [3.63, 3.8) is 0 Å². The van der Waals surface area contributed by atoms with Gasteiger partial charge in [-0.3, -0.25) is 0 Å². The molecule has 3 heterocycles. The molecule has 0 radical (unpaired) electrons. The zero-order valence-electron chi connectivity index (χ0n) is 45.4. The monoisotopic (exact) mass is 1000 g/mol. The SMILES string of the molecule is Cc1ccccc1-c1cc2c3c(c1)N1c4ccc5ccccc5c4C4(c5ccccc5-c5ccccc54)c4cccc(c41)B3N(c1ccccc1)c1cc(N(c3ccc(C(C)(C)C)cc3)c3ccc(C(C)(C)C)cc3)ccc1-2. The summed E-state index contributed by atoms with van der Waals surface area (Å²) in [4.78, 5) is 7.82. The van der Waals surface area contributed by atoms with Gasteiger partial charge in [-0.15, -0.1) is 0 Å². The van der Waals surface area contributed by atoms with E-state index in [1.807, 2.05) is 0 Å². The minimum Gasteiger partial charge on any atom is -0.376 e. The van der Waals surface area contributed by atoms with E-state index in [0.717, 1.165) is 22.7 Å². The summed E-state index contributed by atoms with van der Waals surface area (Å²) in [6, 6.07) is 90.5. The molecule has 0 N–H and O–H groups in total. The van der Waals surface area contributed by atoms with Crippen molar-refractivity contribution in [2.75, 3.05) is 14.6 Å². The summed E-state index contributed by atoms with van der Waals surface area (Å²) in [6.45, 7) is 15.8. The van der Waals surface area contributed by atoms with E-state index >= 15 is 0 Å². The van der Waals surface area contributed by atoms with Crippen LogP contribution in [0.1, 0.15) is 80.5 Å². The minimum absolute atomic E-state index is 0.0232. The second-order valence-corrected chi connectivity index (χ2v) is 24.1. The molecule has 4 aliphatic rings. The molecule has 3 aliphatic heterocycles. The minimum atomic E-state index is -0.609. The maximum absolute atomic E-state index is 2.69. The molecule has 11 aromatic rings. The number of hydrogen-bond acceptors (Lipinski definition) is 3. The molecular weight excluding hydrogens is 942 g/mol. The van der Waals surface area contributed by atoms with Gasteiger partial charge in [0.2, 0.25) is 0 Å². The van der Waals surface area contributed by atoms with Crippen molar-refractivity contribution < 1.29 is 0 Å². The lowest BCUT2D eigenvalue weighted by Gasteiger charge is -2.52. The first-order chi connectivity index (χ1) is 37.9. The van der Waals surface area contributed by atoms with Gasteiger partial charge in [-0.2, -0.15) is 0 Å². The molecule has 0 saturated carbocycles. The van der Waals surface area contributed by atoms with Gasteiger partial charge in [-0.05, 0) is 167 Å². The van der Waals surface area contributed by atoms with Crippen LogP contribution in [-0.2, 0) is 16.2 Å². The van der Waals surface area contributed by atoms with Crippen molar-refractivity contribution in [2.45, 2.75) is 64.7 Å². The number of anilines is 8. The third-order valence-electron chi connectivity index (χ3n) is 17.7. The highest BCUT2D eigenvalue weighted by Gasteiger charge is 2.56. The van der Waals surface area contributed by atoms with E-state index in [1.165, 1.54) is 117 Å². The van der Waals surface area contributed by atoms with E-state index in [0.29, 0.717) is 0 Å². The van der Waals surface area contributed by atoms with Gasteiger partial charge in [-0.25, -0.2) is 0 Å². The van der Waals surface area contributed by atoms with Crippen molar-refractivity contribution in [2.24, 2.45) is 0 Å². The van der Waals surface area contributed by atoms with E-state index in [2.05, 4.69) is 300 Å². The Balaban J connectivity index is 1.06. The summed E-state index contributed by atoms with van der Waals surface area (Å²) in [6.07, 6.45) is 0. The molecular formula is C74H60BN3. The summed E-state index contributed by atoms with van der Waals surface area (Å²) < 4.78 is 0. The molecule has 0 bridgehead atoms. The fourth-order valence-electron chi connectivity index (χ4n) is 14.1. The van der Waals surface area contributed by atoms with Gasteiger partial charge in [0.25, 0.3) is 0 Å². The number of nitrogens with zero attached hydrogens (tertiary/aromatic N) is 3. The highest BCUT2D eigenvalue weighted by molar-refractivity contribution is 6.93. The molecule has 0 unspecified atom stereocenters. The number of hydrogen-bond donors (Lipinski definition) is 0. The highest BCUT2D eigenvalue weighted by atomic mass is 15.2. The van der Waals surface area contributed by atoms with Crippen LogP contribution in [0.25, 0.3) is 44.2 Å². The summed E-state index contributed by atoms with van der Waals surface area (Å²) in [7, 11) is 0. The predicted octanol–water partition coefficient (Wildman–Crippen LogP) is 18.3. The van der Waals surface area contributed by atoms with Gasteiger partial charge in [0.15, 0.2) is 0 Å². The molecule has 4 heteroatoms. The predicted molar refractivity (Wildman–Crippen MR) is 331 cm³/mol. The van der Waals surface area contributed by atoms with Crippen LogP contribution in [-0.4, -0.2) is 6.85 Å². The van der Waals surface area contributed by atoms with Gasteiger partial charge in [0, 0.05) is 50.9 Å². The van der Waals surface area contributed by atoms with E-state index in [1.54, 1.807) is 0 Å². The maximum Gasteiger partial charge on any atom is 0.333 e. The quantitative estimate of drug-likeness (QED) is 0.159. The van der Waals surface area contributed by atoms with Crippen LogP contribution in [0.15, 0.2) is 237 Å². The first-order valence-electron chi connectivity index (χ1n) is 27.8. The third-order valence-corrected chi connectivity index (χ3v) is 17.7. The van der Waals surface area contributed by atoms with Crippen LogP contribution < -0.4 is 25.5 Å². The molecule has 15 rings (SSSR count). The van der Waals surface area contributed by atoms with E-state index in [-0.39, 0.29) is 17.7 Å². The maximum atomic E-state index is 2.69. The van der Waals surface area contributed by atoms with Crippen molar-refractivity contribution in [1.29, 1.82) is 0 Å². The Bertz CT molecular complexity index is 4150. The van der Waals surface area contributed by atoms with Gasteiger partial charge >= 0.3 is 6.85 Å². The summed E-state index contributed by atoms with van der Waals surface area (Å²) in [5, 5.41) is 2.52. The molecule has 3 nitrogen and oxygen atoms in total. The van der Waals surface area contributed by atoms with Crippen molar-refractivity contribution in [1.82, 2.24) is 0 Å². The number of rotatable bonds is 5. The van der Waals surface area contributed by atoms with Crippen LogP contribution in [0.4, 0.5) is 45.5 Å². The second-order valence-electron chi connectivity index (χ2n) is 24.1. The Morgan fingerprint density at radius 2 is 1.00 bits per heavy atom. The number of benzene rings is 11. The van der Waals surface area contributed by atoms with Crippen molar-refractivity contribution in [3.05, 3.63) is 276 Å². The Morgan fingerprint density at radius 3 is 1.65 bits per heavy atom. The van der Waals surface area contributed by atoms with Crippen molar-refractivity contribution >= 4 is 74.0 Å². The molecule has 0 saturated heterocycles. The number of para-hydroxylation sites is 2. The standard InChI is InChI=1S/C74H60BN3/c1-47-20-11-13-24-56(47)49-44-61-60-42-41-55(76(52-37-33-50(34-38-52)72(2,3)4)53-39-35-51(36-40-53)73(5,6)7)46-67(60)78(54-22-9-8-10-23-54)75-65-31-19-30-64-71(65)77(68(45-49)70(61)75)66-43-32-48-21-12-14-25-57(48)69(66)74(64)62-28-17-15-26-58(62)59-27-16-18-29-63(59)74/h8-46H,1-7H3. The molecule has 0 atom stereocenters. The van der Waals surface area contributed by atoms with Gasteiger partial charge in [0.1, 0.15) is 0 Å². The largest absolute Gasteiger partial charge is 0.376 e. The fraction of sp³-hybridized carbons (Fsp3) is 0.135.